The summed E-state index contributed by atoms with van der Waals surface area (Å²) >= 11 is 0. The molecule has 69 heavy (non-hydrogen) atoms. The molecule has 4 N–H and O–H groups in total. The lowest BCUT2D eigenvalue weighted by atomic mass is 10.0. The quantitative estimate of drug-likeness (QED) is 0.0229. The lowest BCUT2D eigenvalue weighted by Crippen LogP contribution is -2.34. The van der Waals surface area contributed by atoms with Crippen molar-refractivity contribution in [3.8, 4) is 0 Å². The molecule has 11 nitrogen and oxygen atoms in total. The molecule has 0 spiro atoms. The number of phosphoric ester groups is 1. The average Bonchev–Trinajstić information content (AvgIpc) is 3.33. The van der Waals surface area contributed by atoms with Crippen molar-refractivity contribution >= 4 is 25.7 Å². The van der Waals surface area contributed by atoms with Gasteiger partial charge in [-0.2, -0.15) is 0 Å². The standard InChI is InChI=1S/C57H104NO10P/c1-3-5-7-9-11-13-15-17-19-21-23-25-26-27-29-30-32-34-36-38-40-42-44-46-48-55(59)65-50-53(51-66-69(63,64)67-52-54(58)57(61)62)68-56(60)49-47-45-43-41-39-37-35-33-31-28-24-22-20-18-16-14-12-10-8-6-4-2/h6,8,12,14,18,20,24,28,53-54H,3-5,7,9-11,13,15-17,19,21-23,25-27,29-52,58H2,1-2H3,(H,61,62)(H,63,64)/b8-6-,14-12-,20-18-,28-24-. The Morgan fingerprint density at radius 2 is 0.812 bits per heavy atom. The van der Waals surface area contributed by atoms with E-state index in [0.29, 0.717) is 12.8 Å². The number of esters is 2. The van der Waals surface area contributed by atoms with Gasteiger partial charge in [-0.15, -0.1) is 0 Å². The van der Waals surface area contributed by atoms with Crippen LogP contribution in [-0.4, -0.2) is 59.9 Å². The van der Waals surface area contributed by atoms with Crippen molar-refractivity contribution in [2.24, 2.45) is 5.73 Å². The Kier molecular flexibility index (Phi) is 49.9. The Balaban J connectivity index is 4.16. The fraction of sp³-hybridized carbons (Fsp3) is 0.807. The second kappa shape index (κ2) is 51.8. The first-order valence-corrected chi connectivity index (χ1v) is 29.7. The number of nitrogens with two attached hydrogens (primary N) is 1. The van der Waals surface area contributed by atoms with Gasteiger partial charge in [0.15, 0.2) is 6.10 Å². The molecule has 0 aromatic carbocycles. The molecule has 0 radical (unpaired) electrons. The van der Waals surface area contributed by atoms with E-state index in [1.54, 1.807) is 0 Å². The number of carbonyl (C=O) groups excluding carboxylic acids is 2. The van der Waals surface area contributed by atoms with Gasteiger partial charge in [0, 0.05) is 12.8 Å². The zero-order valence-corrected chi connectivity index (χ0v) is 45.1. The SMILES string of the molecule is CC/C=C\C/C=C\C/C=C\C/C=C\CCCCCCCCCCC(=O)OC(COC(=O)CCCCCCCCCCCCCCCCCCCCCCCCCC)COP(=O)(O)OCC(N)C(=O)O. The number of ether oxygens (including phenoxy) is 2. The highest BCUT2D eigenvalue weighted by Gasteiger charge is 2.28. The van der Waals surface area contributed by atoms with Crippen molar-refractivity contribution in [3.05, 3.63) is 48.6 Å². The number of unbranched alkanes of at least 4 members (excludes halogenated alkanes) is 31. The Hall–Kier alpha value is -2.56. The summed E-state index contributed by atoms with van der Waals surface area (Å²) in [6.07, 6.45) is 61.8. The van der Waals surface area contributed by atoms with Crippen molar-refractivity contribution in [3.63, 3.8) is 0 Å². The Morgan fingerprint density at radius 1 is 0.464 bits per heavy atom. The number of hydrogen-bond donors (Lipinski definition) is 3. The van der Waals surface area contributed by atoms with Gasteiger partial charge in [0.25, 0.3) is 0 Å². The van der Waals surface area contributed by atoms with Crippen molar-refractivity contribution < 1.29 is 47.5 Å². The van der Waals surface area contributed by atoms with Crippen molar-refractivity contribution in [2.45, 2.75) is 276 Å². The number of carboxylic acid groups (broad SMARTS) is 1. The average molecular weight is 994 g/mol. The first-order valence-electron chi connectivity index (χ1n) is 28.2. The van der Waals surface area contributed by atoms with Crippen LogP contribution in [0.25, 0.3) is 0 Å². The molecule has 0 heterocycles. The summed E-state index contributed by atoms with van der Waals surface area (Å²) < 4.78 is 32.9. The number of carbonyl (C=O) groups is 3. The van der Waals surface area contributed by atoms with E-state index in [1.807, 2.05) is 0 Å². The van der Waals surface area contributed by atoms with Crippen molar-refractivity contribution in [1.29, 1.82) is 0 Å². The van der Waals surface area contributed by atoms with Gasteiger partial charge < -0.3 is 25.2 Å². The maximum absolute atomic E-state index is 12.7. The molecular weight excluding hydrogens is 890 g/mol. The van der Waals surface area contributed by atoms with Crippen LogP contribution >= 0.6 is 7.82 Å². The number of rotatable bonds is 53. The molecule has 0 aliphatic carbocycles. The molecular formula is C57H104NO10P. The molecule has 0 fully saturated rings. The summed E-state index contributed by atoms with van der Waals surface area (Å²) in [5, 5.41) is 8.94. The zero-order chi connectivity index (χ0) is 50.6. The van der Waals surface area contributed by atoms with Crippen molar-refractivity contribution in [2.75, 3.05) is 19.8 Å². The zero-order valence-electron chi connectivity index (χ0n) is 44.2. The monoisotopic (exact) mass is 994 g/mol. The minimum absolute atomic E-state index is 0.152. The summed E-state index contributed by atoms with van der Waals surface area (Å²) in [6, 6.07) is -1.52. The van der Waals surface area contributed by atoms with Crippen LogP contribution in [-0.2, 0) is 37.5 Å². The summed E-state index contributed by atoms with van der Waals surface area (Å²) in [5.74, 6) is -2.37. The fourth-order valence-corrected chi connectivity index (χ4v) is 8.78. The molecule has 3 atom stereocenters. The number of allylic oxidation sites excluding steroid dienone is 8. The molecule has 0 rings (SSSR count). The lowest BCUT2D eigenvalue weighted by Gasteiger charge is -2.20. The van der Waals surface area contributed by atoms with Crippen LogP contribution in [0, 0.1) is 0 Å². The third-order valence-electron chi connectivity index (χ3n) is 12.3. The van der Waals surface area contributed by atoms with Crippen LogP contribution in [0.5, 0.6) is 0 Å². The number of aliphatic carboxylic acids is 1. The molecule has 402 valence electrons. The predicted molar refractivity (Wildman–Crippen MR) is 286 cm³/mol. The minimum Gasteiger partial charge on any atom is -0.480 e. The summed E-state index contributed by atoms with van der Waals surface area (Å²) in [5.41, 5.74) is 5.36. The molecule has 3 unspecified atom stereocenters. The second-order valence-electron chi connectivity index (χ2n) is 19.0. The van der Waals surface area contributed by atoms with E-state index in [4.69, 9.17) is 29.4 Å². The van der Waals surface area contributed by atoms with Gasteiger partial charge in [-0.3, -0.25) is 23.4 Å². The molecule has 12 heteroatoms. The predicted octanol–water partition coefficient (Wildman–Crippen LogP) is 16.5. The molecule has 0 amide bonds. The minimum atomic E-state index is -4.73. The number of hydrogen-bond acceptors (Lipinski definition) is 9. The van der Waals surface area contributed by atoms with Gasteiger partial charge in [-0.25, -0.2) is 4.57 Å². The van der Waals surface area contributed by atoms with Gasteiger partial charge >= 0.3 is 25.7 Å². The second-order valence-corrected chi connectivity index (χ2v) is 20.5. The van der Waals surface area contributed by atoms with E-state index in [0.717, 1.165) is 77.0 Å². The molecule has 0 saturated carbocycles. The van der Waals surface area contributed by atoms with Crippen LogP contribution in [0.1, 0.15) is 264 Å². The van der Waals surface area contributed by atoms with Gasteiger partial charge in [0.1, 0.15) is 12.6 Å². The highest BCUT2D eigenvalue weighted by molar-refractivity contribution is 7.47. The van der Waals surface area contributed by atoms with Crippen LogP contribution in [0.4, 0.5) is 0 Å². The first-order chi connectivity index (χ1) is 33.6. The third-order valence-corrected chi connectivity index (χ3v) is 13.3. The first kappa shape index (κ1) is 66.4. The summed E-state index contributed by atoms with van der Waals surface area (Å²) in [4.78, 5) is 46.3. The molecule has 0 aliphatic heterocycles. The fourth-order valence-electron chi connectivity index (χ4n) is 8.00. The molecule has 0 aromatic heterocycles. The molecule has 0 bridgehead atoms. The molecule has 0 aromatic rings. The number of carboxylic acids is 1. The van der Waals surface area contributed by atoms with Crippen LogP contribution in [0.15, 0.2) is 48.6 Å². The Bertz CT molecular complexity index is 1350. The normalized spacial score (nSPS) is 13.8. The Morgan fingerprint density at radius 3 is 1.22 bits per heavy atom. The lowest BCUT2D eigenvalue weighted by molar-refractivity contribution is -0.161. The van der Waals surface area contributed by atoms with Crippen LogP contribution in [0.2, 0.25) is 0 Å². The summed E-state index contributed by atoms with van der Waals surface area (Å²) in [7, 11) is -4.73. The van der Waals surface area contributed by atoms with E-state index in [-0.39, 0.29) is 19.4 Å². The Labute approximate surface area is 422 Å². The van der Waals surface area contributed by atoms with Gasteiger partial charge in [-0.1, -0.05) is 249 Å². The van der Waals surface area contributed by atoms with E-state index in [2.05, 4.69) is 62.5 Å². The summed E-state index contributed by atoms with van der Waals surface area (Å²) in [6.45, 7) is 2.74. The highest BCUT2D eigenvalue weighted by Crippen LogP contribution is 2.43. The highest BCUT2D eigenvalue weighted by atomic mass is 31.2. The number of phosphoric acid groups is 1. The van der Waals surface area contributed by atoms with Gasteiger partial charge in [0.05, 0.1) is 13.2 Å². The van der Waals surface area contributed by atoms with Gasteiger partial charge in [-0.05, 0) is 51.4 Å². The van der Waals surface area contributed by atoms with Crippen molar-refractivity contribution in [1.82, 2.24) is 0 Å². The van der Waals surface area contributed by atoms with E-state index in [1.165, 1.54) is 148 Å². The molecule has 0 aliphatic rings. The van der Waals surface area contributed by atoms with Crippen LogP contribution < -0.4 is 5.73 Å². The van der Waals surface area contributed by atoms with E-state index >= 15 is 0 Å². The van der Waals surface area contributed by atoms with E-state index in [9.17, 15) is 23.8 Å². The third kappa shape index (κ3) is 51.6. The molecule has 0 saturated heterocycles. The van der Waals surface area contributed by atoms with E-state index < -0.39 is 51.1 Å². The maximum Gasteiger partial charge on any atom is 0.472 e. The topological polar surface area (TPSA) is 172 Å². The maximum atomic E-state index is 12.7. The van der Waals surface area contributed by atoms with Crippen LogP contribution in [0.3, 0.4) is 0 Å². The van der Waals surface area contributed by atoms with Gasteiger partial charge in [0.2, 0.25) is 0 Å². The smallest absolute Gasteiger partial charge is 0.472 e. The largest absolute Gasteiger partial charge is 0.480 e.